The van der Waals surface area contributed by atoms with E-state index in [1.54, 1.807) is 7.11 Å². The molecule has 1 heterocycles. The summed E-state index contributed by atoms with van der Waals surface area (Å²) in [6.07, 6.45) is 0. The quantitative estimate of drug-likeness (QED) is 0.818. The molecule has 2 aromatic carbocycles. The summed E-state index contributed by atoms with van der Waals surface area (Å²) in [5, 5.41) is 2.43. The monoisotopic (exact) mass is 260 g/mol. The van der Waals surface area contributed by atoms with E-state index in [2.05, 4.69) is 37.3 Å². The molecule has 0 amide bonds. The molecule has 94 valence electrons. The lowest BCUT2D eigenvalue weighted by Crippen LogP contribution is -2.15. The number of hydrogen-bond donors (Lipinski definition) is 0. The second-order valence-corrected chi connectivity index (χ2v) is 6.05. The summed E-state index contributed by atoms with van der Waals surface area (Å²) >= 11 is 1.87. The van der Waals surface area contributed by atoms with Gasteiger partial charge in [-0.1, -0.05) is 18.2 Å². The first kappa shape index (κ1) is 11.9. The van der Waals surface area contributed by atoms with E-state index in [0.717, 1.165) is 18.1 Å². The zero-order valence-electron chi connectivity index (χ0n) is 10.6. The standard InChI is InChI=1S/C15H16O2S/c1-15(17-7-8-18-15)13-5-3-12-10-14(16-2)6-4-11(12)9-13/h3-6,9-10H,7-8H2,1-2H3. The highest BCUT2D eigenvalue weighted by molar-refractivity contribution is 8.00. The predicted molar refractivity (Wildman–Crippen MR) is 76.3 cm³/mol. The van der Waals surface area contributed by atoms with Gasteiger partial charge < -0.3 is 9.47 Å². The van der Waals surface area contributed by atoms with Gasteiger partial charge >= 0.3 is 0 Å². The molecule has 0 bridgehead atoms. The molecule has 3 heteroatoms. The van der Waals surface area contributed by atoms with Gasteiger partial charge in [-0.15, -0.1) is 11.8 Å². The smallest absolute Gasteiger partial charge is 0.136 e. The SMILES string of the molecule is COc1ccc2cc(C3(C)OCCS3)ccc2c1. The zero-order chi connectivity index (χ0) is 12.6. The Bertz CT molecular complexity index is 574. The maximum atomic E-state index is 5.86. The first-order valence-electron chi connectivity index (χ1n) is 6.07. The Morgan fingerprint density at radius 2 is 1.94 bits per heavy atom. The molecular weight excluding hydrogens is 244 g/mol. The fourth-order valence-corrected chi connectivity index (χ4v) is 3.33. The van der Waals surface area contributed by atoms with Gasteiger partial charge in [0, 0.05) is 5.75 Å². The van der Waals surface area contributed by atoms with E-state index in [9.17, 15) is 0 Å². The lowest BCUT2D eigenvalue weighted by molar-refractivity contribution is 0.0645. The van der Waals surface area contributed by atoms with Crippen LogP contribution in [0.25, 0.3) is 10.8 Å². The molecule has 1 fully saturated rings. The van der Waals surface area contributed by atoms with Crippen molar-refractivity contribution in [1.82, 2.24) is 0 Å². The molecule has 0 N–H and O–H groups in total. The highest BCUT2D eigenvalue weighted by Crippen LogP contribution is 2.42. The van der Waals surface area contributed by atoms with Crippen LogP contribution < -0.4 is 4.74 Å². The highest BCUT2D eigenvalue weighted by Gasteiger charge is 2.32. The first-order valence-corrected chi connectivity index (χ1v) is 7.06. The van der Waals surface area contributed by atoms with Gasteiger partial charge in [0.1, 0.15) is 10.7 Å². The lowest BCUT2D eigenvalue weighted by Gasteiger charge is -2.23. The van der Waals surface area contributed by atoms with Crippen LogP contribution in [-0.4, -0.2) is 19.5 Å². The van der Waals surface area contributed by atoms with E-state index in [4.69, 9.17) is 9.47 Å². The molecule has 1 aliphatic heterocycles. The molecule has 2 aromatic rings. The summed E-state index contributed by atoms with van der Waals surface area (Å²) in [4.78, 5) is -0.186. The molecule has 0 spiro atoms. The fourth-order valence-electron chi connectivity index (χ4n) is 2.31. The summed E-state index contributed by atoms with van der Waals surface area (Å²) in [6, 6.07) is 12.7. The minimum absolute atomic E-state index is 0.186. The number of methoxy groups -OCH3 is 1. The van der Waals surface area contributed by atoms with Gasteiger partial charge in [-0.05, 0) is 41.5 Å². The van der Waals surface area contributed by atoms with Crippen molar-refractivity contribution in [1.29, 1.82) is 0 Å². The van der Waals surface area contributed by atoms with Crippen molar-refractivity contribution in [2.24, 2.45) is 0 Å². The molecule has 2 nitrogen and oxygen atoms in total. The summed E-state index contributed by atoms with van der Waals surface area (Å²) in [5.41, 5.74) is 1.24. The average molecular weight is 260 g/mol. The van der Waals surface area contributed by atoms with Gasteiger partial charge in [0.15, 0.2) is 0 Å². The summed E-state index contributed by atoms with van der Waals surface area (Å²) in [6.45, 7) is 2.98. The third-order valence-electron chi connectivity index (χ3n) is 3.41. The van der Waals surface area contributed by atoms with E-state index >= 15 is 0 Å². The molecule has 0 aromatic heterocycles. The highest BCUT2D eigenvalue weighted by atomic mass is 32.2. The van der Waals surface area contributed by atoms with Gasteiger partial charge in [0.05, 0.1) is 13.7 Å². The Kier molecular flexibility index (Phi) is 2.96. The van der Waals surface area contributed by atoms with Gasteiger partial charge in [0.25, 0.3) is 0 Å². The van der Waals surface area contributed by atoms with Crippen molar-refractivity contribution >= 4 is 22.5 Å². The van der Waals surface area contributed by atoms with Crippen molar-refractivity contribution < 1.29 is 9.47 Å². The Morgan fingerprint density at radius 1 is 1.17 bits per heavy atom. The molecular formula is C15H16O2S. The van der Waals surface area contributed by atoms with Crippen molar-refractivity contribution in [3.63, 3.8) is 0 Å². The second-order valence-electron chi connectivity index (χ2n) is 4.57. The number of rotatable bonds is 2. The number of ether oxygens (including phenoxy) is 2. The molecule has 0 aliphatic carbocycles. The van der Waals surface area contributed by atoms with Crippen LogP contribution in [0.5, 0.6) is 5.75 Å². The van der Waals surface area contributed by atoms with Crippen LogP contribution in [0.15, 0.2) is 36.4 Å². The van der Waals surface area contributed by atoms with E-state index < -0.39 is 0 Å². The van der Waals surface area contributed by atoms with Crippen LogP contribution in [-0.2, 0) is 9.67 Å². The first-order chi connectivity index (χ1) is 8.71. The van der Waals surface area contributed by atoms with Crippen LogP contribution in [0, 0.1) is 0 Å². The Morgan fingerprint density at radius 3 is 2.67 bits per heavy atom. The molecule has 1 saturated heterocycles. The topological polar surface area (TPSA) is 18.5 Å². The van der Waals surface area contributed by atoms with E-state index in [1.807, 2.05) is 17.8 Å². The lowest BCUT2D eigenvalue weighted by atomic mass is 10.0. The number of thioether (sulfide) groups is 1. The molecule has 1 atom stereocenters. The van der Waals surface area contributed by atoms with Gasteiger partial charge in [-0.2, -0.15) is 0 Å². The van der Waals surface area contributed by atoms with Crippen molar-refractivity contribution in [3.8, 4) is 5.75 Å². The van der Waals surface area contributed by atoms with Crippen molar-refractivity contribution in [3.05, 3.63) is 42.0 Å². The van der Waals surface area contributed by atoms with Crippen LogP contribution >= 0.6 is 11.8 Å². The van der Waals surface area contributed by atoms with E-state index in [0.29, 0.717) is 0 Å². The van der Waals surface area contributed by atoms with Crippen molar-refractivity contribution in [2.45, 2.75) is 11.9 Å². The Hall–Kier alpha value is -1.19. The molecule has 0 saturated carbocycles. The van der Waals surface area contributed by atoms with Crippen LogP contribution in [0.2, 0.25) is 0 Å². The zero-order valence-corrected chi connectivity index (χ0v) is 11.4. The Labute approximate surface area is 111 Å². The minimum Gasteiger partial charge on any atom is -0.497 e. The summed E-state index contributed by atoms with van der Waals surface area (Å²) in [7, 11) is 1.69. The number of hydrogen-bond acceptors (Lipinski definition) is 3. The third kappa shape index (κ3) is 1.98. The van der Waals surface area contributed by atoms with Crippen LogP contribution in [0.1, 0.15) is 12.5 Å². The van der Waals surface area contributed by atoms with Crippen molar-refractivity contribution in [2.75, 3.05) is 19.5 Å². The average Bonchev–Trinajstić information content (AvgIpc) is 2.85. The second kappa shape index (κ2) is 4.48. The predicted octanol–water partition coefficient (Wildman–Crippen LogP) is 3.78. The molecule has 1 aliphatic rings. The van der Waals surface area contributed by atoms with Crippen LogP contribution in [0.3, 0.4) is 0 Å². The third-order valence-corrected chi connectivity index (χ3v) is 4.69. The van der Waals surface area contributed by atoms with Gasteiger partial charge in [-0.3, -0.25) is 0 Å². The number of fused-ring (bicyclic) bond motifs is 1. The normalized spacial score (nSPS) is 23.4. The van der Waals surface area contributed by atoms with Gasteiger partial charge in [0.2, 0.25) is 0 Å². The fraction of sp³-hybridized carbons (Fsp3) is 0.333. The molecule has 18 heavy (non-hydrogen) atoms. The molecule has 3 rings (SSSR count). The maximum absolute atomic E-state index is 5.86. The minimum atomic E-state index is -0.186. The van der Waals surface area contributed by atoms with Gasteiger partial charge in [-0.25, -0.2) is 0 Å². The largest absolute Gasteiger partial charge is 0.497 e. The summed E-state index contributed by atoms with van der Waals surface area (Å²) in [5.74, 6) is 1.96. The number of benzene rings is 2. The van der Waals surface area contributed by atoms with E-state index in [-0.39, 0.29) is 4.93 Å². The van der Waals surface area contributed by atoms with Crippen LogP contribution in [0.4, 0.5) is 0 Å². The Balaban J connectivity index is 2.06. The summed E-state index contributed by atoms with van der Waals surface area (Å²) < 4.78 is 11.1. The molecule has 1 unspecified atom stereocenters. The molecule has 0 radical (unpaired) electrons. The van der Waals surface area contributed by atoms with E-state index in [1.165, 1.54) is 16.3 Å². The maximum Gasteiger partial charge on any atom is 0.136 e.